The Kier molecular flexibility index (Phi) is 3.31. The molecule has 0 unspecified atom stereocenters. The molecule has 24 heavy (non-hydrogen) atoms. The average Bonchev–Trinajstić information content (AvgIpc) is 3.30. The molecule has 0 bridgehead atoms. The normalized spacial score (nSPS) is 10.9. The van der Waals surface area contributed by atoms with E-state index in [-0.39, 0.29) is 5.91 Å². The minimum atomic E-state index is -0.167. The summed E-state index contributed by atoms with van der Waals surface area (Å²) < 4.78 is 1.69. The van der Waals surface area contributed by atoms with Gasteiger partial charge < -0.3 is 4.90 Å². The zero-order valence-corrected chi connectivity index (χ0v) is 12.9. The molecule has 118 valence electrons. The lowest BCUT2D eigenvalue weighted by Crippen LogP contribution is -2.26. The molecule has 1 amide bonds. The third kappa shape index (κ3) is 2.41. The molecule has 7 nitrogen and oxygen atoms in total. The monoisotopic (exact) mass is 318 g/mol. The highest BCUT2D eigenvalue weighted by molar-refractivity contribution is 6.04. The summed E-state index contributed by atoms with van der Waals surface area (Å²) in [6, 6.07) is 15.1. The van der Waals surface area contributed by atoms with Gasteiger partial charge in [-0.1, -0.05) is 30.3 Å². The summed E-state index contributed by atoms with van der Waals surface area (Å²) in [6.45, 7) is 0. The average molecular weight is 318 g/mol. The fourth-order valence-electron chi connectivity index (χ4n) is 2.46. The third-order valence-electron chi connectivity index (χ3n) is 3.78. The van der Waals surface area contributed by atoms with Crippen LogP contribution in [0, 0.1) is 0 Å². The van der Waals surface area contributed by atoms with Crippen LogP contribution in [0.15, 0.2) is 60.9 Å². The predicted molar refractivity (Wildman–Crippen MR) is 89.7 cm³/mol. The third-order valence-corrected chi connectivity index (χ3v) is 3.78. The van der Waals surface area contributed by atoms with Crippen LogP contribution in [0.5, 0.6) is 0 Å². The Labute approximate surface area is 137 Å². The second-order valence-corrected chi connectivity index (χ2v) is 5.32. The fourth-order valence-corrected chi connectivity index (χ4v) is 2.46. The van der Waals surface area contributed by atoms with Crippen molar-refractivity contribution in [1.82, 2.24) is 24.8 Å². The topological polar surface area (TPSA) is 79.2 Å². The number of hydrogen-bond acceptors (Lipinski definition) is 4. The van der Waals surface area contributed by atoms with Crippen molar-refractivity contribution in [2.24, 2.45) is 0 Å². The quantitative estimate of drug-likeness (QED) is 0.629. The van der Waals surface area contributed by atoms with Gasteiger partial charge in [0.05, 0.1) is 0 Å². The molecule has 3 aromatic heterocycles. The number of fused-ring (bicyclic) bond motifs is 1. The number of nitrogens with zero attached hydrogens (tertiary/aromatic N) is 5. The van der Waals surface area contributed by atoms with Crippen LogP contribution >= 0.6 is 0 Å². The minimum absolute atomic E-state index is 0.167. The predicted octanol–water partition coefficient (Wildman–Crippen LogP) is 2.40. The molecular formula is C17H14N6O. The lowest BCUT2D eigenvalue weighted by atomic mass is 10.2. The van der Waals surface area contributed by atoms with E-state index in [0.29, 0.717) is 17.2 Å². The number of pyridine rings is 1. The van der Waals surface area contributed by atoms with Gasteiger partial charge in [0.25, 0.3) is 5.91 Å². The summed E-state index contributed by atoms with van der Waals surface area (Å²) in [5.74, 6) is 0.481. The van der Waals surface area contributed by atoms with E-state index in [9.17, 15) is 4.79 Å². The number of H-pyrrole nitrogens is 1. The minimum Gasteiger partial charge on any atom is -0.310 e. The number of anilines is 1. The molecule has 3 heterocycles. The first kappa shape index (κ1) is 14.1. The number of benzene rings is 1. The van der Waals surface area contributed by atoms with Crippen LogP contribution in [0.3, 0.4) is 0 Å². The van der Waals surface area contributed by atoms with Crippen LogP contribution in [0.25, 0.3) is 17.0 Å². The molecule has 1 aromatic carbocycles. The highest BCUT2D eigenvalue weighted by Gasteiger charge is 2.16. The van der Waals surface area contributed by atoms with Gasteiger partial charge in [0, 0.05) is 36.8 Å². The Morgan fingerprint density at radius 3 is 2.75 bits per heavy atom. The highest BCUT2D eigenvalue weighted by Crippen LogP contribution is 2.20. The molecule has 0 aliphatic rings. The molecule has 0 saturated heterocycles. The second-order valence-electron chi connectivity index (χ2n) is 5.32. The van der Waals surface area contributed by atoms with Gasteiger partial charge in [-0.05, 0) is 12.1 Å². The Morgan fingerprint density at radius 2 is 2.00 bits per heavy atom. The Bertz CT molecular complexity index is 991. The van der Waals surface area contributed by atoms with Crippen molar-refractivity contribution >= 4 is 17.2 Å². The molecule has 1 N–H and O–H groups in total. The van der Waals surface area contributed by atoms with Crippen molar-refractivity contribution in [2.75, 3.05) is 11.9 Å². The maximum Gasteiger partial charge on any atom is 0.276 e. The van der Waals surface area contributed by atoms with E-state index in [1.165, 1.54) is 0 Å². The largest absolute Gasteiger partial charge is 0.310 e. The maximum atomic E-state index is 12.4. The van der Waals surface area contributed by atoms with E-state index < -0.39 is 0 Å². The van der Waals surface area contributed by atoms with Crippen molar-refractivity contribution in [1.29, 1.82) is 0 Å². The molecule has 7 heteroatoms. The molecule has 0 aliphatic carbocycles. The van der Waals surface area contributed by atoms with Gasteiger partial charge in [0.1, 0.15) is 5.69 Å². The van der Waals surface area contributed by atoms with E-state index in [2.05, 4.69) is 20.3 Å². The van der Waals surface area contributed by atoms with E-state index >= 15 is 0 Å². The zero-order valence-electron chi connectivity index (χ0n) is 12.9. The number of nitrogens with one attached hydrogen (secondary N) is 1. The van der Waals surface area contributed by atoms with E-state index in [1.54, 1.807) is 34.9 Å². The first-order valence-corrected chi connectivity index (χ1v) is 7.42. The Hall–Kier alpha value is -3.48. The molecule has 4 rings (SSSR count). The molecular weight excluding hydrogens is 304 g/mol. The molecule has 0 radical (unpaired) electrons. The summed E-state index contributed by atoms with van der Waals surface area (Å²) in [5.41, 5.74) is 2.79. The first-order chi connectivity index (χ1) is 11.7. The van der Waals surface area contributed by atoms with Crippen molar-refractivity contribution in [3.8, 4) is 11.4 Å². The van der Waals surface area contributed by atoms with Gasteiger partial charge in [0.15, 0.2) is 11.5 Å². The van der Waals surface area contributed by atoms with Gasteiger partial charge in [-0.3, -0.25) is 9.89 Å². The summed E-state index contributed by atoms with van der Waals surface area (Å²) in [5, 5.41) is 10.9. The molecule has 0 aliphatic heterocycles. The smallest absolute Gasteiger partial charge is 0.276 e. The highest BCUT2D eigenvalue weighted by atomic mass is 16.2. The molecule has 0 spiro atoms. The SMILES string of the molecule is CN(C(=O)c1ccn[nH]1)c1ccn2nc(-c3ccccc3)nc2c1. The summed E-state index contributed by atoms with van der Waals surface area (Å²) >= 11 is 0. The van der Waals surface area contributed by atoms with E-state index in [1.807, 2.05) is 42.5 Å². The number of aromatic amines is 1. The second kappa shape index (κ2) is 5.62. The zero-order chi connectivity index (χ0) is 16.5. The Balaban J connectivity index is 1.69. The van der Waals surface area contributed by atoms with Crippen LogP contribution in [0.1, 0.15) is 10.5 Å². The van der Waals surface area contributed by atoms with Gasteiger partial charge in [-0.25, -0.2) is 9.50 Å². The fraction of sp³-hybridized carbons (Fsp3) is 0.0588. The number of hydrogen-bond donors (Lipinski definition) is 1. The molecule has 4 aromatic rings. The van der Waals surface area contributed by atoms with E-state index in [0.717, 1.165) is 11.3 Å². The van der Waals surface area contributed by atoms with Crippen LogP contribution in [-0.4, -0.2) is 37.8 Å². The van der Waals surface area contributed by atoms with Gasteiger partial charge in [-0.15, -0.1) is 5.10 Å². The van der Waals surface area contributed by atoms with Crippen LogP contribution in [0.4, 0.5) is 5.69 Å². The van der Waals surface area contributed by atoms with Crippen molar-refractivity contribution < 1.29 is 4.79 Å². The Morgan fingerprint density at radius 1 is 1.17 bits per heavy atom. The molecule has 0 saturated carbocycles. The lowest BCUT2D eigenvalue weighted by Gasteiger charge is -2.16. The number of rotatable bonds is 3. The van der Waals surface area contributed by atoms with Gasteiger partial charge in [-0.2, -0.15) is 5.10 Å². The number of carbonyl (C=O) groups excluding carboxylic acids is 1. The summed E-state index contributed by atoms with van der Waals surface area (Å²) in [6.07, 6.45) is 3.34. The number of carbonyl (C=O) groups is 1. The van der Waals surface area contributed by atoms with Crippen molar-refractivity contribution in [3.63, 3.8) is 0 Å². The number of amides is 1. The summed E-state index contributed by atoms with van der Waals surface area (Å²) in [7, 11) is 1.71. The standard InChI is InChI=1S/C17H14N6O/c1-22(17(24)14-7-9-18-20-14)13-8-10-23-15(11-13)19-16(21-23)12-5-3-2-4-6-12/h2-11H,1H3,(H,18,20). The molecule has 0 fully saturated rings. The molecule has 0 atom stereocenters. The first-order valence-electron chi connectivity index (χ1n) is 7.42. The van der Waals surface area contributed by atoms with Crippen LogP contribution in [0.2, 0.25) is 0 Å². The lowest BCUT2D eigenvalue weighted by molar-refractivity contribution is 0.0988. The van der Waals surface area contributed by atoms with Crippen LogP contribution in [-0.2, 0) is 0 Å². The van der Waals surface area contributed by atoms with Crippen LogP contribution < -0.4 is 4.90 Å². The van der Waals surface area contributed by atoms with Gasteiger partial charge >= 0.3 is 0 Å². The number of aromatic nitrogens is 5. The van der Waals surface area contributed by atoms with E-state index in [4.69, 9.17) is 0 Å². The van der Waals surface area contributed by atoms with Gasteiger partial charge in [0.2, 0.25) is 0 Å². The maximum absolute atomic E-state index is 12.4. The van der Waals surface area contributed by atoms with Crippen molar-refractivity contribution in [2.45, 2.75) is 0 Å². The van der Waals surface area contributed by atoms with Crippen molar-refractivity contribution in [3.05, 3.63) is 66.6 Å². The summed E-state index contributed by atoms with van der Waals surface area (Å²) in [4.78, 5) is 18.5.